The molecule has 1 amide bonds. The number of rotatable bonds is 4. The summed E-state index contributed by atoms with van der Waals surface area (Å²) >= 11 is 6.75. The minimum atomic E-state index is -0.838. The topological polar surface area (TPSA) is 58.5 Å². The number of nitrogens with zero attached hydrogens (tertiary/aromatic N) is 1. The molecule has 0 aliphatic carbocycles. The predicted molar refractivity (Wildman–Crippen MR) is 97.3 cm³/mol. The Morgan fingerprint density at radius 1 is 1.20 bits per heavy atom. The molecule has 3 rings (SSSR count). The lowest BCUT2D eigenvalue weighted by Crippen LogP contribution is -2.31. The van der Waals surface area contributed by atoms with Crippen LogP contribution in [0.3, 0.4) is 0 Å². The Labute approximate surface area is 153 Å². The molecule has 1 atom stereocenters. The lowest BCUT2D eigenvalue weighted by molar-refractivity contribution is -0.121. The SMILES string of the molecule is CC1(c2ccc(C(=O)Cl)cc2)SC(=NCc2ccc(F)cc2)NC1=O. The maximum absolute atomic E-state index is 12.9. The Balaban J connectivity index is 1.77. The van der Waals surface area contributed by atoms with Crippen LogP contribution < -0.4 is 5.32 Å². The average Bonchev–Trinajstić information content (AvgIpc) is 2.90. The van der Waals surface area contributed by atoms with Crippen molar-refractivity contribution in [2.75, 3.05) is 0 Å². The summed E-state index contributed by atoms with van der Waals surface area (Å²) in [5, 5.41) is 2.74. The quantitative estimate of drug-likeness (QED) is 0.825. The standard InChI is InChI=1S/C18H14ClFN2O2S/c1-18(13-6-4-12(5-7-13)15(19)23)16(24)22-17(25-18)21-10-11-2-8-14(20)9-3-11/h2-9H,10H2,1H3,(H,21,22,24). The zero-order valence-corrected chi connectivity index (χ0v) is 14.8. The maximum Gasteiger partial charge on any atom is 0.252 e. The summed E-state index contributed by atoms with van der Waals surface area (Å²) in [5.74, 6) is -0.480. The molecule has 1 aliphatic rings. The van der Waals surface area contributed by atoms with E-state index in [2.05, 4.69) is 10.3 Å². The fraction of sp³-hybridized carbons (Fsp3) is 0.167. The number of nitrogens with one attached hydrogen (secondary N) is 1. The molecule has 0 spiro atoms. The van der Waals surface area contributed by atoms with Crippen molar-refractivity contribution in [2.24, 2.45) is 4.99 Å². The lowest BCUT2D eigenvalue weighted by Gasteiger charge is -2.19. The number of carbonyl (C=O) groups excluding carboxylic acids is 2. The first-order chi connectivity index (χ1) is 11.9. The zero-order chi connectivity index (χ0) is 18.0. The van der Waals surface area contributed by atoms with Gasteiger partial charge in [-0.15, -0.1) is 0 Å². The fourth-order valence-corrected chi connectivity index (χ4v) is 3.60. The first kappa shape index (κ1) is 17.6. The van der Waals surface area contributed by atoms with Gasteiger partial charge >= 0.3 is 0 Å². The fourth-order valence-electron chi connectivity index (χ4n) is 2.42. The summed E-state index contributed by atoms with van der Waals surface area (Å²) in [6.07, 6.45) is 0. The van der Waals surface area contributed by atoms with Gasteiger partial charge in [0, 0.05) is 5.56 Å². The molecule has 0 aromatic heterocycles. The van der Waals surface area contributed by atoms with Crippen LogP contribution in [0.1, 0.15) is 28.4 Å². The smallest absolute Gasteiger partial charge is 0.252 e. The third kappa shape index (κ3) is 3.75. The van der Waals surface area contributed by atoms with E-state index in [1.807, 2.05) is 0 Å². The summed E-state index contributed by atoms with van der Waals surface area (Å²) in [4.78, 5) is 28.0. The summed E-state index contributed by atoms with van der Waals surface area (Å²) in [7, 11) is 0. The zero-order valence-electron chi connectivity index (χ0n) is 13.3. The van der Waals surface area contributed by atoms with Crippen molar-refractivity contribution in [3.63, 3.8) is 0 Å². The van der Waals surface area contributed by atoms with Crippen LogP contribution in [0.25, 0.3) is 0 Å². The van der Waals surface area contributed by atoms with Crippen LogP contribution in [-0.2, 0) is 16.1 Å². The van der Waals surface area contributed by atoms with Gasteiger partial charge in [0.15, 0.2) is 5.17 Å². The molecule has 1 saturated heterocycles. The second-order valence-corrected chi connectivity index (χ2v) is 7.44. The van der Waals surface area contributed by atoms with Gasteiger partial charge in [0.05, 0.1) is 6.54 Å². The van der Waals surface area contributed by atoms with E-state index in [-0.39, 0.29) is 11.7 Å². The molecule has 2 aromatic rings. The van der Waals surface area contributed by atoms with Crippen LogP contribution in [0.4, 0.5) is 4.39 Å². The number of hydrogen-bond donors (Lipinski definition) is 1. The van der Waals surface area contributed by atoms with E-state index in [0.717, 1.165) is 11.1 Å². The Hall–Kier alpha value is -2.18. The molecular formula is C18H14ClFN2O2S. The van der Waals surface area contributed by atoms with Crippen LogP contribution in [-0.4, -0.2) is 16.3 Å². The molecule has 25 heavy (non-hydrogen) atoms. The number of aliphatic imine (C=N–C) groups is 1. The largest absolute Gasteiger partial charge is 0.304 e. The van der Waals surface area contributed by atoms with Gasteiger partial charge in [-0.25, -0.2) is 4.39 Å². The Morgan fingerprint density at radius 2 is 1.84 bits per heavy atom. The molecule has 0 radical (unpaired) electrons. The van der Waals surface area contributed by atoms with E-state index in [1.54, 1.807) is 43.3 Å². The van der Waals surface area contributed by atoms with Crippen molar-refractivity contribution in [1.29, 1.82) is 0 Å². The monoisotopic (exact) mass is 376 g/mol. The van der Waals surface area contributed by atoms with Gasteiger partial charge in [0.25, 0.3) is 5.24 Å². The molecule has 2 aromatic carbocycles. The molecule has 0 bridgehead atoms. The highest BCUT2D eigenvalue weighted by atomic mass is 35.5. The highest BCUT2D eigenvalue weighted by Gasteiger charge is 2.43. The van der Waals surface area contributed by atoms with E-state index < -0.39 is 9.99 Å². The average molecular weight is 377 g/mol. The van der Waals surface area contributed by atoms with Gasteiger partial charge in [0.1, 0.15) is 10.6 Å². The first-order valence-electron chi connectivity index (χ1n) is 7.48. The van der Waals surface area contributed by atoms with Crippen molar-refractivity contribution in [1.82, 2.24) is 5.32 Å². The Kier molecular flexibility index (Phi) is 4.92. The third-order valence-electron chi connectivity index (χ3n) is 3.94. The summed E-state index contributed by atoms with van der Waals surface area (Å²) in [6, 6.07) is 12.7. The number of carbonyl (C=O) groups is 2. The second-order valence-electron chi connectivity index (χ2n) is 5.69. The summed E-state index contributed by atoms with van der Waals surface area (Å²) in [6.45, 7) is 2.14. The van der Waals surface area contributed by atoms with Crippen molar-refractivity contribution in [3.8, 4) is 0 Å². The van der Waals surface area contributed by atoms with Crippen LogP contribution in [0.15, 0.2) is 53.5 Å². The highest BCUT2D eigenvalue weighted by molar-refractivity contribution is 8.15. The second kappa shape index (κ2) is 6.98. The highest BCUT2D eigenvalue weighted by Crippen LogP contribution is 2.41. The van der Waals surface area contributed by atoms with E-state index in [4.69, 9.17) is 11.6 Å². The lowest BCUT2D eigenvalue weighted by atomic mass is 9.98. The van der Waals surface area contributed by atoms with Gasteiger partial charge in [-0.1, -0.05) is 36.0 Å². The first-order valence-corrected chi connectivity index (χ1v) is 8.68. The van der Waals surface area contributed by atoms with Crippen molar-refractivity contribution in [3.05, 3.63) is 71.0 Å². The van der Waals surface area contributed by atoms with Crippen LogP contribution in [0.2, 0.25) is 0 Å². The van der Waals surface area contributed by atoms with Crippen LogP contribution in [0.5, 0.6) is 0 Å². The molecule has 128 valence electrons. The summed E-state index contributed by atoms with van der Waals surface area (Å²) in [5.41, 5.74) is 1.98. The van der Waals surface area contributed by atoms with Crippen molar-refractivity contribution < 1.29 is 14.0 Å². The molecule has 4 nitrogen and oxygen atoms in total. The molecule has 0 saturated carbocycles. The van der Waals surface area contributed by atoms with Gasteiger partial charge in [-0.2, -0.15) is 0 Å². The summed E-state index contributed by atoms with van der Waals surface area (Å²) < 4.78 is 12.1. The maximum atomic E-state index is 12.9. The molecule has 1 N–H and O–H groups in total. The number of thioether (sulfide) groups is 1. The van der Waals surface area contributed by atoms with E-state index in [1.165, 1.54) is 23.9 Å². The molecule has 1 aliphatic heterocycles. The van der Waals surface area contributed by atoms with Gasteiger partial charge in [-0.3, -0.25) is 14.6 Å². The predicted octanol–water partition coefficient (Wildman–Crippen LogP) is 3.84. The Morgan fingerprint density at radius 3 is 2.44 bits per heavy atom. The van der Waals surface area contributed by atoms with Crippen molar-refractivity contribution >= 4 is 39.7 Å². The minimum absolute atomic E-state index is 0.180. The molecule has 1 heterocycles. The van der Waals surface area contributed by atoms with Gasteiger partial charge in [0.2, 0.25) is 5.91 Å². The number of hydrogen-bond acceptors (Lipinski definition) is 4. The van der Waals surface area contributed by atoms with E-state index in [0.29, 0.717) is 17.3 Å². The number of benzene rings is 2. The number of amidine groups is 1. The van der Waals surface area contributed by atoms with Gasteiger partial charge < -0.3 is 5.32 Å². The molecule has 1 unspecified atom stereocenters. The van der Waals surface area contributed by atoms with Crippen molar-refractivity contribution in [2.45, 2.75) is 18.2 Å². The van der Waals surface area contributed by atoms with E-state index in [9.17, 15) is 14.0 Å². The number of halogens is 2. The number of amides is 1. The van der Waals surface area contributed by atoms with Crippen LogP contribution in [0, 0.1) is 5.82 Å². The van der Waals surface area contributed by atoms with Gasteiger partial charge in [-0.05, 0) is 53.9 Å². The third-order valence-corrected chi connectivity index (χ3v) is 5.41. The van der Waals surface area contributed by atoms with E-state index >= 15 is 0 Å². The Bertz CT molecular complexity index is 852. The molecule has 7 heteroatoms. The normalized spacial score (nSPS) is 21.4. The van der Waals surface area contributed by atoms with Crippen LogP contribution >= 0.6 is 23.4 Å². The molecule has 1 fully saturated rings. The molecular weight excluding hydrogens is 363 g/mol. The minimum Gasteiger partial charge on any atom is -0.304 e.